The first-order valence-electron chi connectivity index (χ1n) is 4.76. The molecular weight excluding hydrogens is 545 g/mol. The number of carbonyl (C=O) groups excluding carboxylic acids is 1. The SMILES string of the molecule is CCC(C)/C=C/[O-].CCC=CC=O.I.II. The molecular formula is C11H20I3O2-. The monoisotopic (exact) mass is 565 g/mol. The van der Waals surface area contributed by atoms with Gasteiger partial charge in [-0.15, -0.1) is 24.0 Å². The Bertz CT molecular complexity index is 159. The summed E-state index contributed by atoms with van der Waals surface area (Å²) in [5.74, 6) is 0.456. The summed E-state index contributed by atoms with van der Waals surface area (Å²) in [4.78, 5) is 9.48. The molecule has 0 fully saturated rings. The highest BCUT2D eigenvalue weighted by Crippen LogP contribution is 1.99. The number of aldehydes is 1. The normalized spacial score (nSPS) is 10.6. The van der Waals surface area contributed by atoms with Crippen molar-refractivity contribution in [2.45, 2.75) is 33.6 Å². The van der Waals surface area contributed by atoms with Gasteiger partial charge in [-0.3, -0.25) is 4.79 Å². The summed E-state index contributed by atoms with van der Waals surface area (Å²) in [6.07, 6.45) is 8.61. The fourth-order valence-corrected chi connectivity index (χ4v) is 0.462. The molecule has 0 radical (unpaired) electrons. The van der Waals surface area contributed by atoms with E-state index in [4.69, 9.17) is 0 Å². The van der Waals surface area contributed by atoms with Crippen molar-refractivity contribution in [3.63, 3.8) is 0 Å². The van der Waals surface area contributed by atoms with E-state index in [1.165, 1.54) is 6.08 Å². The Morgan fingerprint density at radius 1 is 1.31 bits per heavy atom. The van der Waals surface area contributed by atoms with E-state index in [0.29, 0.717) is 5.92 Å². The Morgan fingerprint density at radius 3 is 1.94 bits per heavy atom. The molecule has 2 nitrogen and oxygen atoms in total. The lowest BCUT2D eigenvalue weighted by Crippen LogP contribution is -1.90. The predicted molar refractivity (Wildman–Crippen MR) is 97.5 cm³/mol. The number of halogens is 3. The molecule has 0 heterocycles. The van der Waals surface area contributed by atoms with E-state index in [1.54, 1.807) is 6.08 Å². The molecule has 0 aliphatic heterocycles. The van der Waals surface area contributed by atoms with E-state index < -0.39 is 0 Å². The van der Waals surface area contributed by atoms with E-state index >= 15 is 0 Å². The fourth-order valence-electron chi connectivity index (χ4n) is 0.462. The number of hydrogen-bond donors (Lipinski definition) is 0. The van der Waals surface area contributed by atoms with Gasteiger partial charge >= 0.3 is 0 Å². The van der Waals surface area contributed by atoms with E-state index in [-0.39, 0.29) is 24.0 Å². The van der Waals surface area contributed by atoms with Crippen LogP contribution >= 0.6 is 61.2 Å². The van der Waals surface area contributed by atoms with Gasteiger partial charge in [0, 0.05) is 37.2 Å². The molecule has 0 aliphatic rings. The molecule has 98 valence electrons. The van der Waals surface area contributed by atoms with Crippen LogP contribution in [0, 0.1) is 5.92 Å². The molecule has 0 aromatic rings. The Kier molecular flexibility index (Phi) is 48.2. The standard InChI is InChI=1S/C6H12O.C5H8O.I2.HI/c1-3-6(2)4-5-7;1-2-3-4-5-6;1-2;/h4-7H,3H2,1-2H3;3-5H,2H2,1H3;;1H/p-1/b5-4+;;;. The van der Waals surface area contributed by atoms with E-state index in [2.05, 4.69) is 44.2 Å². The van der Waals surface area contributed by atoms with Crippen LogP contribution in [-0.2, 0) is 4.79 Å². The summed E-state index contributed by atoms with van der Waals surface area (Å²) in [6.45, 7) is 6.07. The second-order valence-corrected chi connectivity index (χ2v) is 2.69. The second-order valence-electron chi connectivity index (χ2n) is 2.69. The van der Waals surface area contributed by atoms with Crippen molar-refractivity contribution in [3.8, 4) is 0 Å². The highest BCUT2D eigenvalue weighted by molar-refractivity contribution is 15.0. The highest BCUT2D eigenvalue weighted by atomic mass is 128. The number of allylic oxidation sites excluding steroid dienone is 3. The smallest absolute Gasteiger partial charge is 0.142 e. The lowest BCUT2D eigenvalue weighted by Gasteiger charge is -1.99. The molecule has 0 bridgehead atoms. The quantitative estimate of drug-likeness (QED) is 0.219. The molecule has 5 heteroatoms. The summed E-state index contributed by atoms with van der Waals surface area (Å²) < 4.78 is 0. The Labute approximate surface area is 140 Å². The molecule has 0 N–H and O–H groups in total. The summed E-state index contributed by atoms with van der Waals surface area (Å²) in [5.41, 5.74) is 0. The molecule has 0 saturated heterocycles. The number of hydrogen-bond acceptors (Lipinski definition) is 2. The average Bonchev–Trinajstić information content (AvgIpc) is 2.30. The molecule has 16 heavy (non-hydrogen) atoms. The van der Waals surface area contributed by atoms with Crippen molar-refractivity contribution in [2.24, 2.45) is 5.92 Å². The van der Waals surface area contributed by atoms with Crippen LogP contribution in [0.25, 0.3) is 0 Å². The van der Waals surface area contributed by atoms with Gasteiger partial charge in [-0.1, -0.05) is 39.3 Å². The fraction of sp³-hybridized carbons (Fsp3) is 0.545. The number of carbonyl (C=O) groups is 1. The molecule has 0 amide bonds. The van der Waals surface area contributed by atoms with Crippen LogP contribution in [-0.4, -0.2) is 6.29 Å². The van der Waals surface area contributed by atoms with Crippen LogP contribution in [0.3, 0.4) is 0 Å². The molecule has 1 unspecified atom stereocenters. The van der Waals surface area contributed by atoms with Crippen LogP contribution in [0.1, 0.15) is 33.6 Å². The maximum atomic E-state index is 9.72. The van der Waals surface area contributed by atoms with Gasteiger partial charge in [-0.05, 0) is 18.4 Å². The topological polar surface area (TPSA) is 40.1 Å². The second kappa shape index (κ2) is 29.8. The molecule has 1 atom stereocenters. The largest absolute Gasteiger partial charge is 0.878 e. The van der Waals surface area contributed by atoms with Gasteiger partial charge in [0.1, 0.15) is 6.29 Å². The van der Waals surface area contributed by atoms with Crippen molar-refractivity contribution in [1.29, 1.82) is 0 Å². The molecule has 0 aliphatic carbocycles. The lowest BCUT2D eigenvalue weighted by atomic mass is 10.1. The maximum absolute atomic E-state index is 9.72. The van der Waals surface area contributed by atoms with Crippen LogP contribution in [0.4, 0.5) is 0 Å². The minimum absolute atomic E-state index is 0. The van der Waals surface area contributed by atoms with Crippen molar-refractivity contribution in [3.05, 3.63) is 24.5 Å². The Morgan fingerprint density at radius 2 is 1.81 bits per heavy atom. The average molecular weight is 565 g/mol. The zero-order valence-electron chi connectivity index (χ0n) is 9.86. The Hall–Kier alpha value is 1.14. The maximum Gasteiger partial charge on any atom is 0.142 e. The van der Waals surface area contributed by atoms with E-state index in [1.807, 2.05) is 19.9 Å². The highest BCUT2D eigenvalue weighted by Gasteiger charge is 1.84. The molecule has 0 aromatic heterocycles. The molecule has 0 aromatic carbocycles. The van der Waals surface area contributed by atoms with Crippen molar-refractivity contribution >= 4 is 67.5 Å². The van der Waals surface area contributed by atoms with Gasteiger partial charge in [0.2, 0.25) is 0 Å². The van der Waals surface area contributed by atoms with Crippen LogP contribution in [0.2, 0.25) is 0 Å². The van der Waals surface area contributed by atoms with Gasteiger partial charge in [0.25, 0.3) is 0 Å². The molecule has 0 spiro atoms. The first-order chi connectivity index (χ1) is 7.22. The lowest BCUT2D eigenvalue weighted by molar-refractivity contribution is -0.275. The molecule has 0 saturated carbocycles. The van der Waals surface area contributed by atoms with Crippen LogP contribution < -0.4 is 5.11 Å². The zero-order chi connectivity index (χ0) is 12.5. The van der Waals surface area contributed by atoms with Gasteiger partial charge in [-0.2, -0.15) is 6.26 Å². The minimum atomic E-state index is 0. The van der Waals surface area contributed by atoms with Crippen LogP contribution in [0.5, 0.6) is 0 Å². The van der Waals surface area contributed by atoms with Crippen LogP contribution in [0.15, 0.2) is 24.5 Å². The Balaban J connectivity index is -0.0000000743. The minimum Gasteiger partial charge on any atom is -0.878 e. The van der Waals surface area contributed by atoms with Gasteiger partial charge in [0.05, 0.1) is 0 Å². The summed E-state index contributed by atoms with van der Waals surface area (Å²) in [6, 6.07) is 0. The predicted octanol–water partition coefficient (Wildman–Crippen LogP) is 4.45. The third kappa shape index (κ3) is 36.2. The van der Waals surface area contributed by atoms with Gasteiger partial charge < -0.3 is 5.11 Å². The van der Waals surface area contributed by atoms with Gasteiger partial charge in [0.15, 0.2) is 0 Å². The number of rotatable bonds is 4. The van der Waals surface area contributed by atoms with Gasteiger partial charge in [-0.25, -0.2) is 0 Å². The summed E-state index contributed by atoms with van der Waals surface area (Å²) in [7, 11) is 0. The van der Waals surface area contributed by atoms with E-state index in [9.17, 15) is 9.90 Å². The summed E-state index contributed by atoms with van der Waals surface area (Å²) in [5, 5.41) is 9.72. The third-order valence-electron chi connectivity index (χ3n) is 1.50. The van der Waals surface area contributed by atoms with Crippen molar-refractivity contribution < 1.29 is 9.90 Å². The first-order valence-corrected chi connectivity index (χ1v) is 11.0. The molecule has 0 rings (SSSR count). The zero-order valence-corrected chi connectivity index (χ0v) is 16.5. The van der Waals surface area contributed by atoms with Crippen molar-refractivity contribution in [1.82, 2.24) is 0 Å². The van der Waals surface area contributed by atoms with Crippen molar-refractivity contribution in [2.75, 3.05) is 0 Å². The van der Waals surface area contributed by atoms with E-state index in [0.717, 1.165) is 25.4 Å². The summed E-state index contributed by atoms with van der Waals surface area (Å²) >= 11 is 4.24. The first kappa shape index (κ1) is 25.9. The third-order valence-corrected chi connectivity index (χ3v) is 1.50.